The highest BCUT2D eigenvalue weighted by atomic mass is 19.4. The first kappa shape index (κ1) is 22.4. The Morgan fingerprint density at radius 2 is 1.66 bits per heavy atom. The highest BCUT2D eigenvalue weighted by molar-refractivity contribution is 6.51. The summed E-state index contributed by atoms with van der Waals surface area (Å²) in [4.78, 5) is 30.2. The van der Waals surface area contributed by atoms with Crippen molar-refractivity contribution >= 4 is 34.0 Å². The molecule has 1 amide bonds. The second-order valence-electron chi connectivity index (χ2n) is 8.02. The first-order valence-electron chi connectivity index (χ1n) is 10.5. The Morgan fingerprint density at radius 1 is 0.943 bits per heavy atom. The van der Waals surface area contributed by atoms with E-state index in [-0.39, 0.29) is 22.4 Å². The summed E-state index contributed by atoms with van der Waals surface area (Å²) < 4.78 is 53.7. The van der Waals surface area contributed by atoms with E-state index in [2.05, 4.69) is 4.98 Å². The lowest BCUT2D eigenvalue weighted by Gasteiger charge is -2.26. The normalized spacial score (nSPS) is 17.9. The van der Waals surface area contributed by atoms with Crippen LogP contribution in [0.25, 0.3) is 16.7 Å². The van der Waals surface area contributed by atoms with E-state index in [0.29, 0.717) is 10.9 Å². The lowest BCUT2D eigenvalue weighted by atomic mass is 9.95. The summed E-state index contributed by atoms with van der Waals surface area (Å²) in [6.45, 7) is 0. The van der Waals surface area contributed by atoms with Crippen LogP contribution in [-0.2, 0) is 15.8 Å². The third-order valence-corrected chi connectivity index (χ3v) is 5.93. The Labute approximate surface area is 195 Å². The van der Waals surface area contributed by atoms with Crippen molar-refractivity contribution in [2.24, 2.45) is 0 Å². The second-order valence-corrected chi connectivity index (χ2v) is 8.02. The first-order valence-corrected chi connectivity index (χ1v) is 10.5. The number of H-pyrrole nitrogens is 1. The van der Waals surface area contributed by atoms with Crippen molar-refractivity contribution in [2.75, 3.05) is 4.90 Å². The van der Waals surface area contributed by atoms with Gasteiger partial charge in [0, 0.05) is 28.4 Å². The van der Waals surface area contributed by atoms with Crippen molar-refractivity contribution in [2.45, 2.75) is 12.2 Å². The van der Waals surface area contributed by atoms with E-state index in [4.69, 9.17) is 0 Å². The molecule has 9 heteroatoms. The molecule has 1 fully saturated rings. The molecule has 5 rings (SSSR count). The van der Waals surface area contributed by atoms with E-state index in [0.717, 1.165) is 35.2 Å². The Morgan fingerprint density at radius 3 is 2.37 bits per heavy atom. The molecule has 1 saturated heterocycles. The van der Waals surface area contributed by atoms with Gasteiger partial charge < -0.3 is 10.1 Å². The molecule has 1 aliphatic heterocycles. The van der Waals surface area contributed by atoms with Gasteiger partial charge in [-0.1, -0.05) is 36.4 Å². The minimum atomic E-state index is -4.68. The number of benzene rings is 3. The molecule has 1 aliphatic rings. The number of carbonyl (C=O) groups is 2. The number of aliphatic hydroxyl groups excluding tert-OH is 1. The number of amides is 1. The molecule has 4 aromatic rings. The number of carbonyl (C=O) groups excluding carboxylic acids is 2. The van der Waals surface area contributed by atoms with E-state index in [1.54, 1.807) is 24.3 Å². The minimum absolute atomic E-state index is 0.186. The molecule has 3 aromatic carbocycles. The number of aromatic nitrogens is 1. The quantitative estimate of drug-likeness (QED) is 0.165. The molecule has 2 heterocycles. The zero-order chi connectivity index (χ0) is 24.9. The third kappa shape index (κ3) is 3.74. The number of hydrogen-bond donors (Lipinski definition) is 2. The number of nitrogens with zero attached hydrogens (tertiary/aromatic N) is 1. The van der Waals surface area contributed by atoms with Gasteiger partial charge in [-0.25, -0.2) is 4.39 Å². The fourth-order valence-corrected chi connectivity index (χ4v) is 4.30. The molecule has 0 radical (unpaired) electrons. The molecule has 35 heavy (non-hydrogen) atoms. The SMILES string of the molecule is O=C1C(=O)N(c2cccc(C(F)(F)F)c2)C(c2ccc(F)cc2)/C1=C(/O)c1c[nH]c2ccccc12. The van der Waals surface area contributed by atoms with Crippen LogP contribution in [0.5, 0.6) is 0 Å². The van der Waals surface area contributed by atoms with Crippen molar-refractivity contribution in [3.8, 4) is 0 Å². The molecule has 0 spiro atoms. The van der Waals surface area contributed by atoms with Gasteiger partial charge in [-0.05, 0) is 42.0 Å². The van der Waals surface area contributed by atoms with Gasteiger partial charge in [0.1, 0.15) is 11.6 Å². The summed E-state index contributed by atoms with van der Waals surface area (Å²) in [7, 11) is 0. The van der Waals surface area contributed by atoms with E-state index in [1.165, 1.54) is 24.4 Å². The number of aromatic amines is 1. The number of hydrogen-bond acceptors (Lipinski definition) is 3. The van der Waals surface area contributed by atoms with Crippen LogP contribution in [0, 0.1) is 5.82 Å². The number of nitrogens with one attached hydrogen (secondary N) is 1. The molecule has 0 saturated carbocycles. The average Bonchev–Trinajstić information content (AvgIpc) is 3.38. The van der Waals surface area contributed by atoms with Crippen molar-refractivity contribution in [1.82, 2.24) is 4.98 Å². The minimum Gasteiger partial charge on any atom is -0.507 e. The monoisotopic (exact) mass is 480 g/mol. The molecule has 0 bridgehead atoms. The number of ketones is 1. The standard InChI is InChI=1S/C26H16F4N2O3/c27-16-10-8-14(9-11-16)22-21(23(33)19-13-31-20-7-2-1-6-18(19)20)24(34)25(35)32(22)17-5-3-4-15(12-17)26(28,29)30/h1-13,22,31,33H/b23-21-. The van der Waals surface area contributed by atoms with Crippen LogP contribution in [-0.4, -0.2) is 21.8 Å². The number of anilines is 1. The van der Waals surface area contributed by atoms with Gasteiger partial charge in [0.25, 0.3) is 11.7 Å². The lowest BCUT2D eigenvalue weighted by molar-refractivity contribution is -0.137. The molecule has 5 nitrogen and oxygen atoms in total. The Balaban J connectivity index is 1.75. The summed E-state index contributed by atoms with van der Waals surface area (Å²) in [5, 5.41) is 11.8. The number of halogens is 4. The summed E-state index contributed by atoms with van der Waals surface area (Å²) in [6.07, 6.45) is -3.21. The maximum Gasteiger partial charge on any atom is 0.416 e. The van der Waals surface area contributed by atoms with Gasteiger partial charge in [-0.2, -0.15) is 13.2 Å². The summed E-state index contributed by atoms with van der Waals surface area (Å²) in [5.74, 6) is -3.26. The van der Waals surface area contributed by atoms with Crippen molar-refractivity contribution in [3.05, 3.63) is 107 Å². The zero-order valence-corrected chi connectivity index (χ0v) is 17.8. The summed E-state index contributed by atoms with van der Waals surface area (Å²) in [6, 6.07) is 14.5. The van der Waals surface area contributed by atoms with Crippen molar-refractivity contribution in [1.29, 1.82) is 0 Å². The van der Waals surface area contributed by atoms with Crippen LogP contribution in [0.1, 0.15) is 22.7 Å². The van der Waals surface area contributed by atoms with Crippen molar-refractivity contribution < 1.29 is 32.3 Å². The predicted octanol–water partition coefficient (Wildman–Crippen LogP) is 5.95. The molecular formula is C26H16F4N2O3. The highest BCUT2D eigenvalue weighted by Gasteiger charge is 2.47. The number of rotatable bonds is 3. The van der Waals surface area contributed by atoms with E-state index in [1.807, 2.05) is 0 Å². The smallest absolute Gasteiger partial charge is 0.416 e. The number of fused-ring (bicyclic) bond motifs is 1. The van der Waals surface area contributed by atoms with Gasteiger partial charge in [0.05, 0.1) is 17.2 Å². The third-order valence-electron chi connectivity index (χ3n) is 5.93. The van der Waals surface area contributed by atoms with Crippen LogP contribution in [0.2, 0.25) is 0 Å². The Kier molecular flexibility index (Phi) is 5.20. The van der Waals surface area contributed by atoms with Crippen LogP contribution in [0.15, 0.2) is 84.6 Å². The maximum absolute atomic E-state index is 13.6. The van der Waals surface area contributed by atoms with Crippen LogP contribution in [0.3, 0.4) is 0 Å². The molecule has 176 valence electrons. The molecule has 1 atom stereocenters. The number of alkyl halides is 3. The average molecular weight is 480 g/mol. The molecular weight excluding hydrogens is 464 g/mol. The predicted molar refractivity (Wildman–Crippen MR) is 121 cm³/mol. The first-order chi connectivity index (χ1) is 16.7. The molecule has 2 N–H and O–H groups in total. The van der Waals surface area contributed by atoms with Crippen molar-refractivity contribution in [3.63, 3.8) is 0 Å². The molecule has 0 aliphatic carbocycles. The van der Waals surface area contributed by atoms with E-state index in [9.17, 15) is 32.3 Å². The zero-order valence-electron chi connectivity index (χ0n) is 17.8. The van der Waals surface area contributed by atoms with Crippen LogP contribution >= 0.6 is 0 Å². The van der Waals surface area contributed by atoms with Gasteiger partial charge >= 0.3 is 6.18 Å². The van der Waals surface area contributed by atoms with Gasteiger partial charge in [0.2, 0.25) is 0 Å². The number of para-hydroxylation sites is 1. The van der Waals surface area contributed by atoms with Gasteiger partial charge in [-0.15, -0.1) is 0 Å². The highest BCUT2D eigenvalue weighted by Crippen LogP contribution is 2.44. The summed E-state index contributed by atoms with van der Waals surface area (Å²) in [5.41, 5.74) is -0.358. The fraction of sp³-hybridized carbons (Fsp3) is 0.0769. The number of aliphatic hydroxyl groups is 1. The van der Waals surface area contributed by atoms with E-state index < -0.39 is 41.0 Å². The largest absolute Gasteiger partial charge is 0.507 e. The lowest BCUT2D eigenvalue weighted by Crippen LogP contribution is -2.29. The van der Waals surface area contributed by atoms with Crippen LogP contribution < -0.4 is 4.90 Å². The topological polar surface area (TPSA) is 73.4 Å². The number of Topliss-reactive ketones (excluding diaryl/α,β-unsaturated/α-hetero) is 1. The second kappa shape index (κ2) is 8.12. The van der Waals surface area contributed by atoms with Gasteiger partial charge in [0.15, 0.2) is 0 Å². The maximum atomic E-state index is 13.6. The molecule has 1 unspecified atom stereocenters. The van der Waals surface area contributed by atoms with E-state index >= 15 is 0 Å². The van der Waals surface area contributed by atoms with Gasteiger partial charge in [-0.3, -0.25) is 14.5 Å². The van der Waals surface area contributed by atoms with Crippen LogP contribution in [0.4, 0.5) is 23.2 Å². The Hall–Kier alpha value is -4.40. The molecule has 1 aromatic heterocycles. The summed E-state index contributed by atoms with van der Waals surface area (Å²) >= 11 is 0. The fourth-order valence-electron chi connectivity index (χ4n) is 4.30. The Bertz CT molecular complexity index is 1500.